The van der Waals surface area contributed by atoms with Gasteiger partial charge in [-0.25, -0.2) is 15.8 Å². The lowest BCUT2D eigenvalue weighted by Gasteiger charge is -2.22. The lowest BCUT2D eigenvalue weighted by atomic mass is 9.89. The Morgan fingerprint density at radius 3 is 2.89 bits per heavy atom. The lowest BCUT2D eigenvalue weighted by Crippen LogP contribution is -2.26. The van der Waals surface area contributed by atoms with Crippen molar-refractivity contribution in [3.63, 3.8) is 0 Å². The van der Waals surface area contributed by atoms with Crippen LogP contribution in [-0.4, -0.2) is 23.1 Å². The third-order valence-corrected chi connectivity index (χ3v) is 3.84. The molecule has 1 aromatic rings. The summed E-state index contributed by atoms with van der Waals surface area (Å²) in [6, 6.07) is 1.91. The molecule has 1 atom stereocenters. The molecule has 18 heavy (non-hydrogen) atoms. The first kappa shape index (κ1) is 13.1. The topological polar surface area (TPSA) is 67.1 Å². The quantitative estimate of drug-likeness (QED) is 0.633. The Balaban J connectivity index is 2.04. The monoisotopic (exact) mass is 249 g/mol. The fraction of sp³-hybridized carbons (Fsp3) is 0.692. The summed E-state index contributed by atoms with van der Waals surface area (Å²) in [5.74, 6) is 8.64. The van der Waals surface area contributed by atoms with Gasteiger partial charge in [-0.15, -0.1) is 0 Å². The van der Waals surface area contributed by atoms with Gasteiger partial charge in [0.1, 0.15) is 18.0 Å². The number of nitrogens with one attached hydrogen (secondary N) is 1. The largest absolute Gasteiger partial charge is 0.356 e. The third-order valence-electron chi connectivity index (χ3n) is 3.84. The summed E-state index contributed by atoms with van der Waals surface area (Å²) >= 11 is 0. The van der Waals surface area contributed by atoms with E-state index >= 15 is 0 Å². The molecule has 0 spiro atoms. The summed E-state index contributed by atoms with van der Waals surface area (Å²) in [7, 11) is 0. The second-order valence-electron chi connectivity index (χ2n) is 5.33. The van der Waals surface area contributed by atoms with Gasteiger partial charge < -0.3 is 10.3 Å². The maximum Gasteiger partial charge on any atom is 0.145 e. The Hall–Kier alpha value is -1.36. The Morgan fingerprint density at radius 1 is 1.33 bits per heavy atom. The van der Waals surface area contributed by atoms with Gasteiger partial charge in [-0.3, -0.25) is 0 Å². The third kappa shape index (κ3) is 3.10. The molecule has 5 nitrogen and oxygen atoms in total. The molecular formula is C13H23N5. The van der Waals surface area contributed by atoms with Crippen LogP contribution >= 0.6 is 0 Å². The Kier molecular flexibility index (Phi) is 4.36. The number of aromatic nitrogens is 2. The molecule has 0 saturated carbocycles. The number of hydrazine groups is 1. The van der Waals surface area contributed by atoms with Gasteiger partial charge in [0.25, 0.3) is 0 Å². The van der Waals surface area contributed by atoms with Crippen molar-refractivity contribution in [3.8, 4) is 0 Å². The lowest BCUT2D eigenvalue weighted by molar-refractivity contribution is 0.351. The minimum atomic E-state index is 0.671. The number of nitrogen functional groups attached to an aromatic ring is 1. The average Bonchev–Trinajstić information content (AvgIpc) is 2.64. The summed E-state index contributed by atoms with van der Waals surface area (Å²) in [6.45, 7) is 6.79. The Labute approximate surface area is 109 Å². The van der Waals surface area contributed by atoms with Gasteiger partial charge >= 0.3 is 0 Å². The van der Waals surface area contributed by atoms with Crippen LogP contribution in [0, 0.1) is 11.8 Å². The molecule has 1 saturated heterocycles. The van der Waals surface area contributed by atoms with Crippen LogP contribution in [-0.2, 0) is 0 Å². The van der Waals surface area contributed by atoms with Gasteiger partial charge in [0, 0.05) is 19.2 Å². The van der Waals surface area contributed by atoms with E-state index in [1.165, 1.54) is 19.3 Å². The van der Waals surface area contributed by atoms with Crippen molar-refractivity contribution in [1.82, 2.24) is 9.97 Å². The van der Waals surface area contributed by atoms with Gasteiger partial charge in [0.05, 0.1) is 0 Å². The number of anilines is 2. The van der Waals surface area contributed by atoms with Crippen molar-refractivity contribution in [2.75, 3.05) is 23.4 Å². The minimum Gasteiger partial charge on any atom is -0.356 e. The van der Waals surface area contributed by atoms with Crippen LogP contribution in [0.5, 0.6) is 0 Å². The van der Waals surface area contributed by atoms with E-state index in [2.05, 4.69) is 34.1 Å². The van der Waals surface area contributed by atoms with Crippen molar-refractivity contribution in [1.29, 1.82) is 0 Å². The van der Waals surface area contributed by atoms with Gasteiger partial charge in [0.2, 0.25) is 0 Å². The van der Waals surface area contributed by atoms with Crippen molar-refractivity contribution in [2.24, 2.45) is 17.7 Å². The first-order chi connectivity index (χ1) is 8.70. The summed E-state index contributed by atoms with van der Waals surface area (Å²) in [5.41, 5.74) is 2.57. The molecule has 100 valence electrons. The smallest absolute Gasteiger partial charge is 0.145 e. The van der Waals surface area contributed by atoms with Crippen LogP contribution in [0.1, 0.15) is 33.1 Å². The van der Waals surface area contributed by atoms with Crippen molar-refractivity contribution in [2.45, 2.75) is 33.1 Å². The van der Waals surface area contributed by atoms with Crippen LogP contribution in [0.3, 0.4) is 0 Å². The number of nitrogens with two attached hydrogens (primary N) is 1. The average molecular weight is 249 g/mol. The molecule has 2 rings (SSSR count). The molecule has 0 radical (unpaired) electrons. The van der Waals surface area contributed by atoms with Crippen molar-refractivity contribution in [3.05, 3.63) is 12.4 Å². The standard InChI is InChI=1S/C13H23N5/c1-10(2)11-4-3-6-18(7-5-11)13-8-12(17-14)15-9-16-13/h8-11H,3-7,14H2,1-2H3,(H,15,16,17). The fourth-order valence-electron chi connectivity index (χ4n) is 2.62. The molecule has 1 fully saturated rings. The maximum atomic E-state index is 5.38. The molecule has 1 aliphatic rings. The Morgan fingerprint density at radius 2 is 2.17 bits per heavy atom. The fourth-order valence-corrected chi connectivity index (χ4v) is 2.62. The van der Waals surface area contributed by atoms with E-state index in [9.17, 15) is 0 Å². The molecule has 5 heteroatoms. The first-order valence-electron chi connectivity index (χ1n) is 6.74. The van der Waals surface area contributed by atoms with Crippen LogP contribution in [0.4, 0.5) is 11.6 Å². The maximum absolute atomic E-state index is 5.38. The van der Waals surface area contributed by atoms with E-state index in [0.717, 1.165) is 30.7 Å². The van der Waals surface area contributed by atoms with E-state index in [-0.39, 0.29) is 0 Å². The zero-order valence-electron chi connectivity index (χ0n) is 11.3. The molecule has 1 aliphatic heterocycles. The van der Waals surface area contributed by atoms with Crippen LogP contribution in [0.2, 0.25) is 0 Å². The molecule has 0 aromatic carbocycles. The molecule has 0 amide bonds. The normalized spacial score (nSPS) is 20.9. The summed E-state index contributed by atoms with van der Waals surface area (Å²) < 4.78 is 0. The van der Waals surface area contributed by atoms with Crippen LogP contribution in [0.25, 0.3) is 0 Å². The molecule has 1 unspecified atom stereocenters. The molecule has 1 aromatic heterocycles. The zero-order valence-corrected chi connectivity index (χ0v) is 11.3. The predicted octanol–water partition coefficient (Wildman–Crippen LogP) is 2.02. The highest BCUT2D eigenvalue weighted by molar-refractivity contribution is 5.47. The van der Waals surface area contributed by atoms with E-state index in [1.54, 1.807) is 6.33 Å². The molecule has 2 heterocycles. The highest BCUT2D eigenvalue weighted by Gasteiger charge is 2.20. The predicted molar refractivity (Wildman–Crippen MR) is 74.2 cm³/mol. The van der Waals surface area contributed by atoms with Gasteiger partial charge in [-0.05, 0) is 31.1 Å². The summed E-state index contributed by atoms with van der Waals surface area (Å²) in [4.78, 5) is 10.7. The SMILES string of the molecule is CC(C)C1CCCN(c2cc(NN)ncn2)CC1. The van der Waals surface area contributed by atoms with E-state index < -0.39 is 0 Å². The first-order valence-corrected chi connectivity index (χ1v) is 6.74. The molecule has 0 aliphatic carbocycles. The number of rotatable bonds is 3. The molecule has 3 N–H and O–H groups in total. The van der Waals surface area contributed by atoms with E-state index in [1.807, 2.05) is 6.07 Å². The second kappa shape index (κ2) is 6.00. The van der Waals surface area contributed by atoms with Gasteiger partial charge in [0.15, 0.2) is 0 Å². The molecule has 0 bridgehead atoms. The van der Waals surface area contributed by atoms with Crippen molar-refractivity contribution >= 4 is 11.6 Å². The van der Waals surface area contributed by atoms with E-state index in [0.29, 0.717) is 5.82 Å². The highest BCUT2D eigenvalue weighted by atomic mass is 15.3. The highest BCUT2D eigenvalue weighted by Crippen LogP contribution is 2.26. The van der Waals surface area contributed by atoms with Crippen LogP contribution < -0.4 is 16.2 Å². The number of hydrogen-bond donors (Lipinski definition) is 2. The second-order valence-corrected chi connectivity index (χ2v) is 5.33. The number of nitrogens with zero attached hydrogens (tertiary/aromatic N) is 3. The van der Waals surface area contributed by atoms with Crippen LogP contribution in [0.15, 0.2) is 12.4 Å². The van der Waals surface area contributed by atoms with E-state index in [4.69, 9.17) is 5.84 Å². The molecular weight excluding hydrogens is 226 g/mol. The van der Waals surface area contributed by atoms with Crippen molar-refractivity contribution < 1.29 is 0 Å². The zero-order chi connectivity index (χ0) is 13.0. The summed E-state index contributed by atoms with van der Waals surface area (Å²) in [6.07, 6.45) is 5.36. The Bertz CT molecular complexity index is 379. The van der Waals surface area contributed by atoms with Gasteiger partial charge in [-0.1, -0.05) is 13.8 Å². The number of hydrogen-bond acceptors (Lipinski definition) is 5. The summed E-state index contributed by atoms with van der Waals surface area (Å²) in [5, 5.41) is 0. The minimum absolute atomic E-state index is 0.671. The van der Waals surface area contributed by atoms with Gasteiger partial charge in [-0.2, -0.15) is 0 Å².